The molecule has 5 rings (SSSR count). The highest BCUT2D eigenvalue weighted by atomic mass is 16.5. The lowest BCUT2D eigenvalue weighted by Crippen LogP contribution is -2.33. The van der Waals surface area contributed by atoms with Crippen molar-refractivity contribution in [3.05, 3.63) is 69.9 Å². The van der Waals surface area contributed by atoms with Crippen LogP contribution in [0.5, 0.6) is 11.5 Å². The minimum absolute atomic E-state index is 0.00998. The Bertz CT molecular complexity index is 1290. The second kappa shape index (κ2) is 7.95. The number of carbonyl (C=O) groups is 1. The number of ether oxygens (including phenoxy) is 2. The van der Waals surface area contributed by atoms with Crippen molar-refractivity contribution in [3.8, 4) is 11.5 Å². The SMILES string of the molecule is COc1ccc(C2CC(=O)C3=C(C2)Nc2nc(N)nn2C3c2ccc(C)c(C)c2)cc1OC. The van der Waals surface area contributed by atoms with Crippen molar-refractivity contribution in [3.63, 3.8) is 0 Å². The Labute approximate surface area is 192 Å². The molecule has 2 unspecified atom stereocenters. The fraction of sp³-hybridized carbons (Fsp3) is 0.320. The third kappa shape index (κ3) is 3.51. The molecule has 2 aliphatic rings. The van der Waals surface area contributed by atoms with Gasteiger partial charge in [0.05, 0.1) is 14.2 Å². The molecule has 0 fully saturated rings. The van der Waals surface area contributed by atoms with Crippen LogP contribution in [0.25, 0.3) is 0 Å². The number of anilines is 2. The number of aryl methyl sites for hydroxylation is 2. The number of nitrogens with one attached hydrogen (secondary N) is 1. The first-order chi connectivity index (χ1) is 15.9. The van der Waals surface area contributed by atoms with Crippen LogP contribution >= 0.6 is 0 Å². The largest absolute Gasteiger partial charge is 0.493 e. The number of methoxy groups -OCH3 is 2. The number of allylic oxidation sites excluding steroid dienone is 2. The summed E-state index contributed by atoms with van der Waals surface area (Å²) in [7, 11) is 3.22. The lowest BCUT2D eigenvalue weighted by Gasteiger charge is -2.35. The maximum Gasteiger partial charge on any atom is 0.241 e. The molecule has 1 aliphatic carbocycles. The summed E-state index contributed by atoms with van der Waals surface area (Å²) < 4.78 is 12.6. The van der Waals surface area contributed by atoms with Crippen LogP contribution in [-0.4, -0.2) is 34.8 Å². The number of nitrogens with two attached hydrogens (primary N) is 1. The molecule has 2 aromatic carbocycles. The number of Topliss-reactive ketones (excluding diaryl/α,β-unsaturated/α-hetero) is 1. The number of fused-ring (bicyclic) bond motifs is 1. The fourth-order valence-corrected chi connectivity index (χ4v) is 4.81. The van der Waals surface area contributed by atoms with Gasteiger partial charge >= 0.3 is 0 Å². The number of nitrogen functional groups attached to an aromatic ring is 1. The summed E-state index contributed by atoms with van der Waals surface area (Å²) in [6.07, 6.45) is 1.07. The number of aromatic nitrogens is 3. The van der Waals surface area contributed by atoms with E-state index in [1.165, 1.54) is 5.56 Å². The summed E-state index contributed by atoms with van der Waals surface area (Å²) in [5, 5.41) is 7.75. The van der Waals surface area contributed by atoms with Crippen molar-refractivity contribution in [1.82, 2.24) is 14.8 Å². The summed E-state index contributed by atoms with van der Waals surface area (Å²) in [5.41, 5.74) is 11.9. The maximum absolute atomic E-state index is 13.6. The molecule has 1 aromatic heterocycles. The lowest BCUT2D eigenvalue weighted by atomic mass is 9.77. The zero-order valence-corrected chi connectivity index (χ0v) is 19.2. The first kappa shape index (κ1) is 21.1. The van der Waals surface area contributed by atoms with Gasteiger partial charge < -0.3 is 20.5 Å². The van der Waals surface area contributed by atoms with Crippen molar-refractivity contribution < 1.29 is 14.3 Å². The number of ketones is 1. The van der Waals surface area contributed by atoms with E-state index in [2.05, 4.69) is 47.4 Å². The Hall–Kier alpha value is -3.81. The molecule has 0 saturated carbocycles. The molecule has 170 valence electrons. The molecule has 0 radical (unpaired) electrons. The zero-order valence-electron chi connectivity index (χ0n) is 19.2. The van der Waals surface area contributed by atoms with Crippen LogP contribution in [0, 0.1) is 13.8 Å². The van der Waals surface area contributed by atoms with Crippen molar-refractivity contribution in [1.29, 1.82) is 0 Å². The van der Waals surface area contributed by atoms with E-state index in [9.17, 15) is 4.79 Å². The van der Waals surface area contributed by atoms with Crippen LogP contribution < -0.4 is 20.5 Å². The molecule has 0 spiro atoms. The third-order valence-corrected chi connectivity index (χ3v) is 6.66. The predicted molar refractivity (Wildman–Crippen MR) is 126 cm³/mol. The van der Waals surface area contributed by atoms with Crippen molar-refractivity contribution >= 4 is 17.7 Å². The van der Waals surface area contributed by atoms with Gasteiger partial charge in [-0.05, 0) is 60.6 Å². The Kier molecular flexibility index (Phi) is 5.08. The Morgan fingerprint density at radius 2 is 1.76 bits per heavy atom. The third-order valence-electron chi connectivity index (χ3n) is 6.66. The second-order valence-electron chi connectivity index (χ2n) is 8.64. The molecule has 8 heteroatoms. The minimum Gasteiger partial charge on any atom is -0.493 e. The molecular weight excluding hydrogens is 418 g/mol. The molecular formula is C25H27N5O3. The molecule has 1 aliphatic heterocycles. The highest BCUT2D eigenvalue weighted by molar-refractivity contribution is 6.00. The standard InChI is InChI=1S/C25H27N5O3/c1-13-5-6-16(9-14(13)2)23-22-18(27-25-28-24(26)29-30(23)25)10-17(11-19(22)31)15-7-8-20(32-3)21(12-15)33-4/h5-9,12,17,23H,10-11H2,1-4H3,(H3,26,27,28,29). The summed E-state index contributed by atoms with van der Waals surface area (Å²) >= 11 is 0. The van der Waals surface area contributed by atoms with Gasteiger partial charge in [0.25, 0.3) is 0 Å². The smallest absolute Gasteiger partial charge is 0.241 e. The van der Waals surface area contributed by atoms with E-state index in [1.807, 2.05) is 18.2 Å². The predicted octanol–water partition coefficient (Wildman–Crippen LogP) is 3.91. The van der Waals surface area contributed by atoms with Gasteiger partial charge in [-0.25, -0.2) is 4.68 Å². The number of benzene rings is 2. The summed E-state index contributed by atoms with van der Waals surface area (Å²) in [5.74, 6) is 2.14. The Balaban J connectivity index is 1.58. The van der Waals surface area contributed by atoms with Crippen LogP contribution in [0.15, 0.2) is 47.7 Å². The van der Waals surface area contributed by atoms with Crippen LogP contribution in [0.3, 0.4) is 0 Å². The normalized spacial score (nSPS) is 19.6. The monoisotopic (exact) mass is 445 g/mol. The summed E-state index contributed by atoms with van der Waals surface area (Å²) in [6, 6.07) is 11.7. The van der Waals surface area contributed by atoms with Gasteiger partial charge in [0.1, 0.15) is 6.04 Å². The molecule has 2 heterocycles. The van der Waals surface area contributed by atoms with E-state index in [4.69, 9.17) is 15.2 Å². The topological polar surface area (TPSA) is 104 Å². The van der Waals surface area contributed by atoms with E-state index in [-0.39, 0.29) is 23.7 Å². The minimum atomic E-state index is -0.362. The molecule has 3 N–H and O–H groups in total. The molecule has 3 aromatic rings. The van der Waals surface area contributed by atoms with Gasteiger partial charge in [-0.2, -0.15) is 4.98 Å². The van der Waals surface area contributed by atoms with E-state index < -0.39 is 0 Å². The van der Waals surface area contributed by atoms with E-state index >= 15 is 0 Å². The molecule has 2 atom stereocenters. The maximum atomic E-state index is 13.6. The second-order valence-corrected chi connectivity index (χ2v) is 8.64. The van der Waals surface area contributed by atoms with Gasteiger partial charge in [0.15, 0.2) is 17.3 Å². The quantitative estimate of drug-likeness (QED) is 0.627. The van der Waals surface area contributed by atoms with E-state index in [0.717, 1.165) is 28.0 Å². The van der Waals surface area contributed by atoms with Crippen LogP contribution in [-0.2, 0) is 4.79 Å². The van der Waals surface area contributed by atoms with Gasteiger partial charge in [0.2, 0.25) is 11.9 Å². The molecule has 0 amide bonds. The van der Waals surface area contributed by atoms with Crippen molar-refractivity contribution in [2.75, 3.05) is 25.3 Å². The number of nitrogens with zero attached hydrogens (tertiary/aromatic N) is 3. The average Bonchev–Trinajstić information content (AvgIpc) is 3.18. The van der Waals surface area contributed by atoms with Crippen LogP contribution in [0.4, 0.5) is 11.9 Å². The molecule has 0 bridgehead atoms. The number of hydrogen-bond acceptors (Lipinski definition) is 7. The average molecular weight is 446 g/mol. The van der Waals surface area contributed by atoms with Crippen molar-refractivity contribution in [2.24, 2.45) is 0 Å². The number of hydrogen-bond donors (Lipinski definition) is 2. The molecule has 0 saturated heterocycles. The lowest BCUT2D eigenvalue weighted by molar-refractivity contribution is -0.116. The molecule has 8 nitrogen and oxygen atoms in total. The number of rotatable bonds is 4. The first-order valence-electron chi connectivity index (χ1n) is 10.9. The summed E-state index contributed by atoms with van der Waals surface area (Å²) in [4.78, 5) is 18.0. The van der Waals surface area contributed by atoms with Crippen LogP contribution in [0.2, 0.25) is 0 Å². The Morgan fingerprint density at radius 3 is 2.48 bits per heavy atom. The summed E-state index contributed by atoms with van der Waals surface area (Å²) in [6.45, 7) is 4.15. The van der Waals surface area contributed by atoms with Crippen LogP contribution in [0.1, 0.15) is 47.1 Å². The number of carbonyl (C=O) groups excluding carboxylic acids is 1. The molecule has 33 heavy (non-hydrogen) atoms. The highest BCUT2D eigenvalue weighted by Gasteiger charge is 2.39. The van der Waals surface area contributed by atoms with Gasteiger partial charge in [-0.15, -0.1) is 5.10 Å². The van der Waals surface area contributed by atoms with Gasteiger partial charge in [-0.3, -0.25) is 4.79 Å². The van der Waals surface area contributed by atoms with E-state index in [0.29, 0.717) is 30.3 Å². The van der Waals surface area contributed by atoms with E-state index in [1.54, 1.807) is 18.9 Å². The fourth-order valence-electron chi connectivity index (χ4n) is 4.81. The zero-order chi connectivity index (χ0) is 23.3. The van der Waals surface area contributed by atoms with Crippen molar-refractivity contribution in [2.45, 2.75) is 38.6 Å². The first-order valence-corrected chi connectivity index (χ1v) is 10.9. The van der Waals surface area contributed by atoms with Gasteiger partial charge in [0, 0.05) is 17.7 Å². The highest BCUT2D eigenvalue weighted by Crippen LogP contribution is 2.45. The van der Waals surface area contributed by atoms with Gasteiger partial charge in [-0.1, -0.05) is 24.3 Å². The Morgan fingerprint density at radius 1 is 1.00 bits per heavy atom.